The summed E-state index contributed by atoms with van der Waals surface area (Å²) in [4.78, 5) is 11.7. The number of rotatable bonds is 8. The summed E-state index contributed by atoms with van der Waals surface area (Å²) in [6, 6.07) is 5.96. The van der Waals surface area contributed by atoms with E-state index in [-0.39, 0.29) is 5.91 Å². The van der Waals surface area contributed by atoms with Gasteiger partial charge in [-0.05, 0) is 37.0 Å². The van der Waals surface area contributed by atoms with E-state index in [1.54, 1.807) is 7.11 Å². The highest BCUT2D eigenvalue weighted by Gasteiger charge is 2.05. The molecule has 0 bridgehead atoms. The molecule has 0 atom stereocenters. The molecule has 0 aliphatic heterocycles. The lowest BCUT2D eigenvalue weighted by Crippen LogP contribution is -2.27. The van der Waals surface area contributed by atoms with Gasteiger partial charge < -0.3 is 15.4 Å². The van der Waals surface area contributed by atoms with Gasteiger partial charge in [0, 0.05) is 19.5 Å². The number of anilines is 1. The number of nitrogens with one attached hydrogen (secondary N) is 2. The molecule has 4 heteroatoms. The molecule has 0 fully saturated rings. The average molecular weight is 278 g/mol. The molecule has 112 valence electrons. The van der Waals surface area contributed by atoms with E-state index in [2.05, 4.69) is 24.5 Å². The third-order valence-corrected chi connectivity index (χ3v) is 3.07. The molecular weight excluding hydrogens is 252 g/mol. The van der Waals surface area contributed by atoms with Crippen LogP contribution in [0.1, 0.15) is 32.3 Å². The van der Waals surface area contributed by atoms with Crippen LogP contribution in [0.15, 0.2) is 18.2 Å². The quantitative estimate of drug-likeness (QED) is 0.768. The second-order valence-electron chi connectivity index (χ2n) is 5.41. The molecule has 0 unspecified atom stereocenters. The molecule has 0 aromatic heterocycles. The number of ether oxygens (including phenoxy) is 1. The molecule has 0 radical (unpaired) electrons. The monoisotopic (exact) mass is 278 g/mol. The number of amides is 1. The number of carbonyl (C=O) groups is 1. The van der Waals surface area contributed by atoms with Crippen molar-refractivity contribution in [1.29, 1.82) is 0 Å². The molecule has 2 N–H and O–H groups in total. The molecule has 1 amide bonds. The lowest BCUT2D eigenvalue weighted by molar-refractivity contribution is -0.120. The Morgan fingerprint density at radius 2 is 2.05 bits per heavy atom. The van der Waals surface area contributed by atoms with Gasteiger partial charge >= 0.3 is 0 Å². The van der Waals surface area contributed by atoms with Crippen LogP contribution in [-0.4, -0.2) is 26.1 Å². The van der Waals surface area contributed by atoms with Gasteiger partial charge in [0.2, 0.25) is 5.91 Å². The van der Waals surface area contributed by atoms with Crippen molar-refractivity contribution in [3.8, 4) is 5.75 Å². The molecule has 0 aliphatic rings. The van der Waals surface area contributed by atoms with Crippen LogP contribution in [0.2, 0.25) is 0 Å². The molecular formula is C16H26N2O2. The van der Waals surface area contributed by atoms with E-state index in [9.17, 15) is 4.79 Å². The number of hydrogen-bond donors (Lipinski definition) is 2. The summed E-state index contributed by atoms with van der Waals surface area (Å²) in [5.74, 6) is 1.51. The minimum atomic E-state index is 0.0877. The molecule has 1 aromatic rings. The van der Waals surface area contributed by atoms with Crippen molar-refractivity contribution < 1.29 is 9.53 Å². The van der Waals surface area contributed by atoms with Crippen LogP contribution >= 0.6 is 0 Å². The van der Waals surface area contributed by atoms with Crippen molar-refractivity contribution in [2.45, 2.75) is 33.6 Å². The molecule has 0 heterocycles. The Kier molecular flexibility index (Phi) is 6.91. The molecule has 0 spiro atoms. The normalized spacial score (nSPS) is 10.4. The fourth-order valence-electron chi connectivity index (χ4n) is 1.86. The third kappa shape index (κ3) is 5.95. The van der Waals surface area contributed by atoms with Crippen molar-refractivity contribution in [3.05, 3.63) is 23.8 Å². The lowest BCUT2D eigenvalue weighted by Gasteiger charge is -2.12. The first kappa shape index (κ1) is 16.3. The second-order valence-corrected chi connectivity index (χ2v) is 5.41. The van der Waals surface area contributed by atoms with Gasteiger partial charge in [0.15, 0.2) is 0 Å². The van der Waals surface area contributed by atoms with E-state index < -0.39 is 0 Å². The number of benzene rings is 1. The summed E-state index contributed by atoms with van der Waals surface area (Å²) in [7, 11) is 1.65. The van der Waals surface area contributed by atoms with Crippen molar-refractivity contribution in [2.75, 3.05) is 25.5 Å². The van der Waals surface area contributed by atoms with Gasteiger partial charge in [0.1, 0.15) is 5.75 Å². The van der Waals surface area contributed by atoms with E-state index >= 15 is 0 Å². The number of carbonyl (C=O) groups excluding carboxylic acids is 1. The highest BCUT2D eigenvalue weighted by molar-refractivity contribution is 5.76. The minimum absolute atomic E-state index is 0.0877. The van der Waals surface area contributed by atoms with E-state index in [1.807, 2.05) is 25.1 Å². The summed E-state index contributed by atoms with van der Waals surface area (Å²) in [5, 5.41) is 6.18. The van der Waals surface area contributed by atoms with Gasteiger partial charge in [-0.25, -0.2) is 0 Å². The zero-order valence-corrected chi connectivity index (χ0v) is 13.0. The van der Waals surface area contributed by atoms with Crippen molar-refractivity contribution in [3.63, 3.8) is 0 Å². The third-order valence-electron chi connectivity index (χ3n) is 3.07. The molecule has 4 nitrogen and oxygen atoms in total. The fourth-order valence-corrected chi connectivity index (χ4v) is 1.86. The summed E-state index contributed by atoms with van der Waals surface area (Å²) in [6.07, 6.45) is 1.49. The van der Waals surface area contributed by atoms with Gasteiger partial charge in [-0.15, -0.1) is 0 Å². The summed E-state index contributed by atoms with van der Waals surface area (Å²) >= 11 is 0. The average Bonchev–Trinajstić information content (AvgIpc) is 2.38. The van der Waals surface area contributed by atoms with Gasteiger partial charge in [-0.3, -0.25) is 4.79 Å². The molecule has 0 aliphatic carbocycles. The first-order valence-electron chi connectivity index (χ1n) is 7.18. The zero-order valence-electron chi connectivity index (χ0n) is 13.0. The number of methoxy groups -OCH3 is 1. The van der Waals surface area contributed by atoms with Crippen molar-refractivity contribution >= 4 is 11.6 Å². The van der Waals surface area contributed by atoms with Gasteiger partial charge in [-0.1, -0.05) is 19.9 Å². The van der Waals surface area contributed by atoms with E-state index in [0.717, 1.165) is 30.0 Å². The predicted molar refractivity (Wildman–Crippen MR) is 83.3 cm³/mol. The Balaban J connectivity index is 2.33. The Bertz CT molecular complexity index is 430. The van der Waals surface area contributed by atoms with Crippen LogP contribution in [0.25, 0.3) is 0 Å². The van der Waals surface area contributed by atoms with Crippen LogP contribution in [-0.2, 0) is 4.79 Å². The standard InChI is InChI=1S/C16H26N2O2/c1-12(2)7-9-18-16(19)8-10-17-14-11-13(3)5-6-15(14)20-4/h5-6,11-12,17H,7-10H2,1-4H3,(H,18,19). The van der Waals surface area contributed by atoms with Gasteiger partial charge in [0.25, 0.3) is 0 Å². The van der Waals surface area contributed by atoms with Gasteiger partial charge in [0.05, 0.1) is 12.8 Å². The lowest BCUT2D eigenvalue weighted by atomic mass is 10.1. The summed E-state index contributed by atoms with van der Waals surface area (Å²) in [5.41, 5.74) is 2.09. The highest BCUT2D eigenvalue weighted by Crippen LogP contribution is 2.24. The fraction of sp³-hybridized carbons (Fsp3) is 0.562. The van der Waals surface area contributed by atoms with E-state index in [4.69, 9.17) is 4.74 Å². The van der Waals surface area contributed by atoms with Crippen LogP contribution in [0.4, 0.5) is 5.69 Å². The molecule has 0 saturated carbocycles. The zero-order chi connectivity index (χ0) is 15.0. The van der Waals surface area contributed by atoms with Crippen LogP contribution in [0.5, 0.6) is 5.75 Å². The van der Waals surface area contributed by atoms with Crippen molar-refractivity contribution in [1.82, 2.24) is 5.32 Å². The number of hydrogen-bond acceptors (Lipinski definition) is 3. The topological polar surface area (TPSA) is 50.4 Å². The highest BCUT2D eigenvalue weighted by atomic mass is 16.5. The summed E-state index contributed by atoms with van der Waals surface area (Å²) in [6.45, 7) is 7.69. The van der Waals surface area contributed by atoms with Crippen LogP contribution in [0, 0.1) is 12.8 Å². The Hall–Kier alpha value is -1.71. The maximum atomic E-state index is 11.7. The molecule has 20 heavy (non-hydrogen) atoms. The van der Waals surface area contributed by atoms with Crippen LogP contribution in [0.3, 0.4) is 0 Å². The van der Waals surface area contributed by atoms with E-state index in [0.29, 0.717) is 18.9 Å². The van der Waals surface area contributed by atoms with E-state index in [1.165, 1.54) is 0 Å². The molecule has 0 saturated heterocycles. The Morgan fingerprint density at radius 3 is 2.70 bits per heavy atom. The minimum Gasteiger partial charge on any atom is -0.495 e. The first-order chi connectivity index (χ1) is 9.52. The maximum Gasteiger partial charge on any atom is 0.221 e. The molecule has 1 rings (SSSR count). The summed E-state index contributed by atoms with van der Waals surface area (Å²) < 4.78 is 5.29. The first-order valence-corrected chi connectivity index (χ1v) is 7.18. The van der Waals surface area contributed by atoms with Crippen LogP contribution < -0.4 is 15.4 Å². The van der Waals surface area contributed by atoms with Crippen molar-refractivity contribution in [2.24, 2.45) is 5.92 Å². The predicted octanol–water partition coefficient (Wildman–Crippen LogP) is 2.97. The Morgan fingerprint density at radius 1 is 1.30 bits per heavy atom. The smallest absolute Gasteiger partial charge is 0.221 e. The maximum absolute atomic E-state index is 11.7. The Labute approximate surface area is 121 Å². The second kappa shape index (κ2) is 8.46. The largest absolute Gasteiger partial charge is 0.495 e. The number of aryl methyl sites for hydroxylation is 1. The SMILES string of the molecule is COc1ccc(C)cc1NCCC(=O)NCCC(C)C. The van der Waals surface area contributed by atoms with Gasteiger partial charge in [-0.2, -0.15) is 0 Å². The molecule has 1 aromatic carbocycles.